The number of esters is 1. The fourth-order valence-corrected chi connectivity index (χ4v) is 2.55. The normalized spacial score (nSPS) is 18.2. The van der Waals surface area contributed by atoms with Gasteiger partial charge in [0.15, 0.2) is 11.5 Å². The zero-order valence-corrected chi connectivity index (χ0v) is 11.5. The first-order chi connectivity index (χ1) is 10.7. The van der Waals surface area contributed by atoms with E-state index in [4.69, 9.17) is 14.2 Å². The van der Waals surface area contributed by atoms with Crippen LogP contribution in [-0.2, 0) is 4.74 Å². The maximum absolute atomic E-state index is 11.8. The third-order valence-corrected chi connectivity index (χ3v) is 3.66. The molecule has 22 heavy (non-hydrogen) atoms. The van der Waals surface area contributed by atoms with Crippen LogP contribution in [0.15, 0.2) is 48.5 Å². The van der Waals surface area contributed by atoms with Gasteiger partial charge in [-0.25, -0.2) is 4.79 Å². The number of aliphatic hydroxyl groups is 1. The van der Waals surface area contributed by atoms with E-state index in [1.165, 1.54) is 6.08 Å². The molecule has 5 heteroatoms. The molecule has 0 radical (unpaired) electrons. The predicted molar refractivity (Wildman–Crippen MR) is 77.4 cm³/mol. The van der Waals surface area contributed by atoms with Gasteiger partial charge < -0.3 is 19.3 Å². The van der Waals surface area contributed by atoms with Gasteiger partial charge in [-0.15, -0.1) is 0 Å². The van der Waals surface area contributed by atoms with E-state index in [2.05, 4.69) is 0 Å². The van der Waals surface area contributed by atoms with Gasteiger partial charge in [0.1, 0.15) is 11.9 Å². The van der Waals surface area contributed by atoms with E-state index in [-0.39, 0.29) is 6.79 Å². The molecule has 0 fully saturated rings. The van der Waals surface area contributed by atoms with E-state index in [0.717, 1.165) is 0 Å². The first kappa shape index (κ1) is 12.9. The number of ether oxygens (including phenoxy) is 3. The highest BCUT2D eigenvalue weighted by Crippen LogP contribution is 2.36. The lowest BCUT2D eigenvalue weighted by atomic mass is 10.0. The maximum atomic E-state index is 11.8. The second kappa shape index (κ2) is 4.89. The molecule has 2 aliphatic rings. The highest BCUT2D eigenvalue weighted by Gasteiger charge is 2.26. The van der Waals surface area contributed by atoms with Crippen LogP contribution in [0.4, 0.5) is 0 Å². The Balaban J connectivity index is 1.67. The van der Waals surface area contributed by atoms with E-state index in [1.54, 1.807) is 36.4 Å². The lowest BCUT2D eigenvalue weighted by Crippen LogP contribution is -1.96. The quantitative estimate of drug-likeness (QED) is 0.863. The van der Waals surface area contributed by atoms with Gasteiger partial charge in [-0.2, -0.15) is 0 Å². The molecule has 1 unspecified atom stereocenters. The summed E-state index contributed by atoms with van der Waals surface area (Å²) < 4.78 is 15.8. The second-order valence-corrected chi connectivity index (χ2v) is 5.02. The van der Waals surface area contributed by atoms with Gasteiger partial charge in [-0.05, 0) is 29.8 Å². The van der Waals surface area contributed by atoms with Crippen LogP contribution >= 0.6 is 0 Å². The average molecular weight is 296 g/mol. The molecule has 0 bridgehead atoms. The summed E-state index contributed by atoms with van der Waals surface area (Å²) in [6.07, 6.45) is 0.602. The van der Waals surface area contributed by atoms with Crippen molar-refractivity contribution in [2.24, 2.45) is 0 Å². The summed E-state index contributed by atoms with van der Waals surface area (Å²) in [5.41, 5.74) is 1.83. The summed E-state index contributed by atoms with van der Waals surface area (Å²) in [6, 6.07) is 12.3. The minimum atomic E-state index is -0.913. The molecular formula is C17H12O5. The molecule has 2 heterocycles. The third kappa shape index (κ3) is 2.03. The molecular weight excluding hydrogens is 284 g/mol. The van der Waals surface area contributed by atoms with Crippen LogP contribution in [0, 0.1) is 0 Å². The predicted octanol–water partition coefficient (Wildman–Crippen LogP) is 2.66. The topological polar surface area (TPSA) is 65.0 Å². The number of benzene rings is 2. The highest BCUT2D eigenvalue weighted by atomic mass is 16.7. The van der Waals surface area contributed by atoms with Crippen LogP contribution in [0.5, 0.6) is 11.5 Å². The zero-order chi connectivity index (χ0) is 15.1. The largest absolute Gasteiger partial charge is 0.454 e. The summed E-state index contributed by atoms with van der Waals surface area (Å²) >= 11 is 0. The molecule has 0 saturated heterocycles. The Bertz CT molecular complexity index is 793. The second-order valence-electron chi connectivity index (χ2n) is 5.02. The Morgan fingerprint density at radius 2 is 1.82 bits per heavy atom. The van der Waals surface area contributed by atoms with Crippen molar-refractivity contribution in [3.63, 3.8) is 0 Å². The van der Waals surface area contributed by atoms with E-state index in [9.17, 15) is 9.90 Å². The van der Waals surface area contributed by atoms with E-state index < -0.39 is 12.1 Å². The molecule has 110 valence electrons. The molecule has 0 aromatic heterocycles. The fraction of sp³-hybridized carbons (Fsp3) is 0.118. The van der Waals surface area contributed by atoms with Crippen LogP contribution in [0.2, 0.25) is 0 Å². The standard InChI is InChI=1S/C17H12O5/c18-13(10-5-6-14-16(7-10)21-9-20-14)8-15-11-3-1-2-4-12(11)17(19)22-15/h1-8,13,18H,9H2/b15-8-. The molecule has 0 saturated carbocycles. The van der Waals surface area contributed by atoms with Gasteiger partial charge in [-0.3, -0.25) is 0 Å². The van der Waals surface area contributed by atoms with Gasteiger partial charge >= 0.3 is 5.97 Å². The molecule has 5 nitrogen and oxygen atoms in total. The first-order valence-corrected chi connectivity index (χ1v) is 6.83. The van der Waals surface area contributed by atoms with Gasteiger partial charge in [0.05, 0.1) is 5.56 Å². The molecule has 0 aliphatic carbocycles. The number of rotatable bonds is 2. The first-order valence-electron chi connectivity index (χ1n) is 6.83. The van der Waals surface area contributed by atoms with Crippen molar-refractivity contribution in [1.82, 2.24) is 0 Å². The molecule has 2 aromatic rings. The number of fused-ring (bicyclic) bond motifs is 2. The van der Waals surface area contributed by atoms with Crippen LogP contribution in [-0.4, -0.2) is 17.9 Å². The van der Waals surface area contributed by atoms with E-state index in [0.29, 0.717) is 33.9 Å². The number of carbonyl (C=O) groups excluding carboxylic acids is 1. The van der Waals surface area contributed by atoms with E-state index >= 15 is 0 Å². The Labute approximate surface area is 126 Å². The molecule has 2 aromatic carbocycles. The summed E-state index contributed by atoms with van der Waals surface area (Å²) in [4.78, 5) is 11.8. The number of cyclic esters (lactones) is 1. The average Bonchev–Trinajstić information content (AvgIpc) is 3.12. The molecule has 1 atom stereocenters. The Morgan fingerprint density at radius 1 is 1.05 bits per heavy atom. The number of aliphatic hydroxyl groups excluding tert-OH is 1. The van der Waals surface area contributed by atoms with Gasteiger partial charge in [0, 0.05) is 5.56 Å². The zero-order valence-electron chi connectivity index (χ0n) is 11.5. The molecule has 1 N–H and O–H groups in total. The Morgan fingerprint density at radius 3 is 2.68 bits per heavy atom. The number of hydrogen-bond donors (Lipinski definition) is 1. The Kier molecular flexibility index (Phi) is 2.87. The lowest BCUT2D eigenvalue weighted by molar-refractivity contribution is 0.0713. The van der Waals surface area contributed by atoms with Crippen molar-refractivity contribution in [2.45, 2.75) is 6.10 Å². The van der Waals surface area contributed by atoms with Crippen LogP contribution < -0.4 is 9.47 Å². The molecule has 2 aliphatic heterocycles. The Hall–Kier alpha value is -2.79. The maximum Gasteiger partial charge on any atom is 0.344 e. The van der Waals surface area contributed by atoms with Gasteiger partial charge in [0.2, 0.25) is 6.79 Å². The summed E-state index contributed by atoms with van der Waals surface area (Å²) in [7, 11) is 0. The highest BCUT2D eigenvalue weighted by molar-refractivity contribution is 6.02. The molecule has 4 rings (SSSR count). The smallest absolute Gasteiger partial charge is 0.344 e. The monoisotopic (exact) mass is 296 g/mol. The molecule has 0 spiro atoms. The van der Waals surface area contributed by atoms with Crippen LogP contribution in [0.25, 0.3) is 5.76 Å². The van der Waals surface area contributed by atoms with Crippen LogP contribution in [0.1, 0.15) is 27.6 Å². The van der Waals surface area contributed by atoms with Crippen molar-refractivity contribution in [2.75, 3.05) is 6.79 Å². The van der Waals surface area contributed by atoms with Crippen LogP contribution in [0.3, 0.4) is 0 Å². The number of carbonyl (C=O) groups is 1. The summed E-state index contributed by atoms with van der Waals surface area (Å²) in [5, 5.41) is 10.4. The van der Waals surface area contributed by atoms with Gasteiger partial charge in [0.25, 0.3) is 0 Å². The van der Waals surface area contributed by atoms with Gasteiger partial charge in [-0.1, -0.05) is 24.3 Å². The fourth-order valence-electron chi connectivity index (χ4n) is 2.55. The van der Waals surface area contributed by atoms with E-state index in [1.807, 2.05) is 6.07 Å². The van der Waals surface area contributed by atoms with Crippen molar-refractivity contribution in [3.05, 3.63) is 65.2 Å². The SMILES string of the molecule is O=C1O/C(=C\C(O)c2ccc3c(c2)OCO3)c2ccccc21. The number of hydrogen-bond acceptors (Lipinski definition) is 5. The lowest BCUT2D eigenvalue weighted by Gasteiger charge is -2.08. The molecule has 0 amide bonds. The van der Waals surface area contributed by atoms with Crippen molar-refractivity contribution in [3.8, 4) is 11.5 Å². The summed E-state index contributed by atoms with van der Waals surface area (Å²) in [5.74, 6) is 1.21. The third-order valence-electron chi connectivity index (χ3n) is 3.66. The van der Waals surface area contributed by atoms with Crippen molar-refractivity contribution in [1.29, 1.82) is 0 Å². The minimum Gasteiger partial charge on any atom is -0.454 e. The summed E-state index contributed by atoms with van der Waals surface area (Å²) in [6.45, 7) is 0.182. The van der Waals surface area contributed by atoms with Crippen molar-refractivity contribution < 1.29 is 24.1 Å². The minimum absolute atomic E-state index is 0.182. The van der Waals surface area contributed by atoms with Crippen molar-refractivity contribution >= 4 is 11.7 Å².